The molecule has 29 heavy (non-hydrogen) atoms. The number of nitrogens with zero attached hydrogens (tertiary/aromatic N) is 2. The van der Waals surface area contributed by atoms with Gasteiger partial charge in [-0.05, 0) is 41.8 Å². The maximum Gasteiger partial charge on any atom is 0.298 e. The van der Waals surface area contributed by atoms with Gasteiger partial charge in [0, 0.05) is 5.39 Å². The van der Waals surface area contributed by atoms with Crippen LogP contribution in [0.2, 0.25) is 10.0 Å². The maximum atomic E-state index is 11.6. The molecule has 0 spiro atoms. The number of hydrogen-bond acceptors (Lipinski definition) is 7. The lowest BCUT2D eigenvalue weighted by Gasteiger charge is -2.09. The lowest BCUT2D eigenvalue weighted by atomic mass is 10.1. The van der Waals surface area contributed by atoms with Crippen LogP contribution >= 0.6 is 23.2 Å². The Bertz CT molecular complexity index is 1390. The molecular formula is C16H10Cl2N2O7S2. The van der Waals surface area contributed by atoms with Gasteiger partial charge in [0.2, 0.25) is 0 Å². The van der Waals surface area contributed by atoms with Gasteiger partial charge in [-0.2, -0.15) is 21.9 Å². The average molecular weight is 477 g/mol. The van der Waals surface area contributed by atoms with Gasteiger partial charge < -0.3 is 5.11 Å². The molecule has 3 aromatic rings. The highest BCUT2D eigenvalue weighted by Crippen LogP contribution is 2.42. The lowest BCUT2D eigenvalue weighted by molar-refractivity contribution is 0.445. The van der Waals surface area contributed by atoms with Crippen molar-refractivity contribution < 1.29 is 31.0 Å². The minimum atomic E-state index is -4.89. The second-order valence-electron chi connectivity index (χ2n) is 5.70. The summed E-state index contributed by atoms with van der Waals surface area (Å²) in [4.78, 5) is -1.44. The molecule has 0 saturated carbocycles. The van der Waals surface area contributed by atoms with Crippen molar-refractivity contribution in [3.05, 3.63) is 52.5 Å². The van der Waals surface area contributed by atoms with Crippen LogP contribution in [0.15, 0.2) is 62.5 Å². The zero-order valence-electron chi connectivity index (χ0n) is 14.0. The van der Waals surface area contributed by atoms with Crippen LogP contribution in [0.4, 0.5) is 11.4 Å². The van der Waals surface area contributed by atoms with Crippen molar-refractivity contribution in [3.63, 3.8) is 0 Å². The molecule has 3 rings (SSSR count). The van der Waals surface area contributed by atoms with Gasteiger partial charge in [0.05, 0.1) is 20.6 Å². The molecule has 0 bridgehead atoms. The molecule has 0 aliphatic heterocycles. The highest BCUT2D eigenvalue weighted by Gasteiger charge is 2.23. The third-order valence-corrected chi connectivity index (χ3v) is 6.22. The third-order valence-electron chi connectivity index (χ3n) is 3.77. The number of hydrogen-bond donors (Lipinski definition) is 3. The second-order valence-corrected chi connectivity index (χ2v) is 9.33. The highest BCUT2D eigenvalue weighted by atomic mass is 35.5. The van der Waals surface area contributed by atoms with E-state index in [0.29, 0.717) is 0 Å². The molecule has 0 heterocycles. The van der Waals surface area contributed by atoms with Crippen LogP contribution in [0.3, 0.4) is 0 Å². The lowest BCUT2D eigenvalue weighted by Crippen LogP contribution is -2.00. The zero-order chi connectivity index (χ0) is 21.6. The van der Waals surface area contributed by atoms with E-state index in [1.165, 1.54) is 24.3 Å². The van der Waals surface area contributed by atoms with Crippen molar-refractivity contribution in [1.82, 2.24) is 0 Å². The van der Waals surface area contributed by atoms with Gasteiger partial charge >= 0.3 is 0 Å². The fourth-order valence-electron chi connectivity index (χ4n) is 2.44. The van der Waals surface area contributed by atoms with Crippen molar-refractivity contribution in [3.8, 4) is 5.75 Å². The summed E-state index contributed by atoms with van der Waals surface area (Å²) in [6.07, 6.45) is 0. The largest absolute Gasteiger partial charge is 0.504 e. The van der Waals surface area contributed by atoms with E-state index in [1.54, 1.807) is 0 Å². The number of halogens is 2. The number of fused-ring (bicyclic) bond motifs is 1. The predicted molar refractivity (Wildman–Crippen MR) is 106 cm³/mol. The molecule has 152 valence electrons. The molecule has 3 aromatic carbocycles. The van der Waals surface area contributed by atoms with Crippen molar-refractivity contribution in [1.29, 1.82) is 0 Å². The van der Waals surface area contributed by atoms with Gasteiger partial charge in [-0.15, -0.1) is 5.11 Å². The number of rotatable bonds is 4. The Morgan fingerprint density at radius 2 is 1.48 bits per heavy atom. The van der Waals surface area contributed by atoms with E-state index in [1.807, 2.05) is 0 Å². The molecule has 3 N–H and O–H groups in total. The van der Waals surface area contributed by atoms with E-state index in [0.717, 1.165) is 18.2 Å². The van der Waals surface area contributed by atoms with E-state index >= 15 is 0 Å². The first-order chi connectivity index (χ1) is 13.4. The fraction of sp³-hybridized carbons (Fsp3) is 0. The van der Waals surface area contributed by atoms with E-state index in [4.69, 9.17) is 23.2 Å². The number of benzene rings is 3. The monoisotopic (exact) mass is 476 g/mol. The van der Waals surface area contributed by atoms with E-state index in [9.17, 15) is 31.0 Å². The number of phenolic OH excluding ortho intramolecular Hbond substituents is 1. The summed E-state index contributed by atoms with van der Waals surface area (Å²) in [7, 11) is -9.48. The van der Waals surface area contributed by atoms with Crippen LogP contribution < -0.4 is 0 Å². The van der Waals surface area contributed by atoms with Gasteiger partial charge in [0.15, 0.2) is 5.75 Å². The van der Waals surface area contributed by atoms with Crippen LogP contribution in [0.5, 0.6) is 5.75 Å². The van der Waals surface area contributed by atoms with Gasteiger partial charge in [-0.1, -0.05) is 29.3 Å². The summed E-state index contributed by atoms with van der Waals surface area (Å²) in [6.45, 7) is 0. The van der Waals surface area contributed by atoms with E-state index in [2.05, 4.69) is 10.2 Å². The highest BCUT2D eigenvalue weighted by molar-refractivity contribution is 7.86. The summed E-state index contributed by atoms with van der Waals surface area (Å²) in [5.41, 5.74) is -0.137. The Morgan fingerprint density at radius 1 is 0.793 bits per heavy atom. The number of aromatic hydroxyl groups is 1. The number of phenols is 1. The third kappa shape index (κ3) is 4.50. The van der Waals surface area contributed by atoms with E-state index < -0.39 is 35.8 Å². The zero-order valence-corrected chi connectivity index (χ0v) is 17.1. The molecule has 0 fully saturated rings. The average Bonchev–Trinajstić information content (AvgIpc) is 2.61. The van der Waals surface area contributed by atoms with Crippen LogP contribution in [-0.2, 0) is 20.2 Å². The standard InChI is InChI=1S/C16H10Cl2N2O7S2/c17-12-4-1-9(7-13(12)18)19-20-15-11-3-2-10(28(22,23)24)5-8(11)6-14(16(15)21)29(25,26)27/h1-7,21H,(H,22,23,24)(H,25,26,27). The van der Waals surface area contributed by atoms with Crippen molar-refractivity contribution in [2.24, 2.45) is 10.2 Å². The smallest absolute Gasteiger partial charge is 0.298 e. The molecule has 0 saturated heterocycles. The molecule has 0 amide bonds. The SMILES string of the molecule is O=S(=O)(O)c1ccc2c(N=Nc3ccc(Cl)c(Cl)c3)c(O)c(S(=O)(=O)O)cc2c1. The first kappa shape index (κ1) is 21.4. The summed E-state index contributed by atoms with van der Waals surface area (Å²) >= 11 is 11.7. The van der Waals surface area contributed by atoms with Crippen LogP contribution in [0.25, 0.3) is 10.8 Å². The maximum absolute atomic E-state index is 11.6. The molecule has 9 nitrogen and oxygen atoms in total. The van der Waals surface area contributed by atoms with Crippen molar-refractivity contribution in [2.75, 3.05) is 0 Å². The minimum Gasteiger partial charge on any atom is -0.504 e. The van der Waals surface area contributed by atoms with Crippen LogP contribution in [0.1, 0.15) is 0 Å². The van der Waals surface area contributed by atoms with Crippen LogP contribution in [-0.4, -0.2) is 31.0 Å². The fourth-order valence-corrected chi connectivity index (χ4v) is 3.87. The minimum absolute atomic E-state index is 0.0476. The van der Waals surface area contributed by atoms with Crippen molar-refractivity contribution >= 4 is 65.6 Å². The molecule has 0 atom stereocenters. The second kappa shape index (κ2) is 7.52. The van der Waals surface area contributed by atoms with Crippen molar-refractivity contribution in [2.45, 2.75) is 9.79 Å². The van der Waals surface area contributed by atoms with Gasteiger partial charge in [-0.3, -0.25) is 9.11 Å². The first-order valence-electron chi connectivity index (χ1n) is 7.49. The normalized spacial score (nSPS) is 12.7. The molecule has 0 aliphatic carbocycles. The summed E-state index contributed by atoms with van der Waals surface area (Å²) in [5.74, 6) is -0.900. The molecule has 0 aliphatic rings. The summed E-state index contributed by atoms with van der Waals surface area (Å²) in [6, 6.07) is 8.29. The van der Waals surface area contributed by atoms with Crippen LogP contribution in [0, 0.1) is 0 Å². The number of azo groups is 1. The Labute approximate surface area is 174 Å². The molecule has 0 radical (unpaired) electrons. The Morgan fingerprint density at radius 3 is 2.07 bits per heavy atom. The van der Waals surface area contributed by atoms with Gasteiger partial charge in [0.25, 0.3) is 20.2 Å². The predicted octanol–water partition coefficient (Wildman–Crippen LogP) is 4.76. The summed E-state index contributed by atoms with van der Waals surface area (Å²) in [5, 5.41) is 18.5. The first-order valence-corrected chi connectivity index (χ1v) is 11.1. The Hall–Kier alpha value is -2.28. The van der Waals surface area contributed by atoms with Gasteiger partial charge in [-0.25, -0.2) is 0 Å². The quantitative estimate of drug-likeness (QED) is 0.362. The molecule has 13 heteroatoms. The van der Waals surface area contributed by atoms with Gasteiger partial charge in [0.1, 0.15) is 10.6 Å². The molecular weight excluding hydrogens is 467 g/mol. The Kier molecular flexibility index (Phi) is 5.56. The Balaban J connectivity index is 2.29. The van der Waals surface area contributed by atoms with E-state index in [-0.39, 0.29) is 32.2 Å². The molecule has 0 unspecified atom stereocenters. The summed E-state index contributed by atoms with van der Waals surface area (Å²) < 4.78 is 64.5. The topological polar surface area (TPSA) is 154 Å². The molecule has 0 aromatic heterocycles.